The Morgan fingerprint density at radius 3 is 2.37 bits per heavy atom. The van der Waals surface area contributed by atoms with Crippen molar-refractivity contribution in [2.45, 2.75) is 0 Å². The highest BCUT2D eigenvalue weighted by molar-refractivity contribution is 6.11. The van der Waals surface area contributed by atoms with Crippen LogP contribution >= 0.6 is 0 Å². The first-order valence-electron chi connectivity index (χ1n) is 6.07. The van der Waals surface area contributed by atoms with E-state index in [1.165, 1.54) is 0 Å². The van der Waals surface area contributed by atoms with Gasteiger partial charge in [0.1, 0.15) is 11.6 Å². The molecule has 94 valence electrons. The molecule has 0 radical (unpaired) electrons. The number of fused-ring (bicyclic) bond motifs is 1. The Morgan fingerprint density at radius 1 is 1.00 bits per heavy atom. The molecule has 2 aromatic carbocycles. The van der Waals surface area contributed by atoms with E-state index in [0.29, 0.717) is 5.84 Å². The van der Waals surface area contributed by atoms with Gasteiger partial charge in [0.05, 0.1) is 12.8 Å². The third-order valence-corrected chi connectivity index (χ3v) is 3.14. The quantitative estimate of drug-likeness (QED) is 0.890. The largest absolute Gasteiger partial charge is 0.497 e. The molecule has 2 N–H and O–H groups in total. The molecular formula is C16H14N2O. The summed E-state index contributed by atoms with van der Waals surface area (Å²) in [5.74, 6) is 1.42. The SMILES string of the molecule is COc1ccc(/C=C2/N=C(N)c3ccccc32)cc1. The second-order valence-electron chi connectivity index (χ2n) is 4.35. The van der Waals surface area contributed by atoms with Crippen LogP contribution in [0.5, 0.6) is 5.75 Å². The highest BCUT2D eigenvalue weighted by atomic mass is 16.5. The van der Waals surface area contributed by atoms with Crippen LogP contribution in [0, 0.1) is 0 Å². The number of amidine groups is 1. The summed E-state index contributed by atoms with van der Waals surface area (Å²) in [7, 11) is 1.66. The number of ether oxygens (including phenoxy) is 1. The fourth-order valence-corrected chi connectivity index (χ4v) is 2.15. The molecule has 1 aliphatic heterocycles. The van der Waals surface area contributed by atoms with Crippen molar-refractivity contribution in [1.29, 1.82) is 0 Å². The molecule has 0 fully saturated rings. The zero-order valence-corrected chi connectivity index (χ0v) is 10.6. The zero-order valence-electron chi connectivity index (χ0n) is 10.6. The molecule has 0 bridgehead atoms. The van der Waals surface area contributed by atoms with Crippen LogP contribution in [-0.4, -0.2) is 12.9 Å². The van der Waals surface area contributed by atoms with E-state index >= 15 is 0 Å². The van der Waals surface area contributed by atoms with Gasteiger partial charge in [-0.25, -0.2) is 4.99 Å². The van der Waals surface area contributed by atoms with E-state index in [9.17, 15) is 0 Å². The fourth-order valence-electron chi connectivity index (χ4n) is 2.15. The van der Waals surface area contributed by atoms with Crippen LogP contribution in [0.1, 0.15) is 16.7 Å². The van der Waals surface area contributed by atoms with Crippen molar-refractivity contribution in [2.75, 3.05) is 7.11 Å². The summed E-state index contributed by atoms with van der Waals surface area (Å²) in [6.45, 7) is 0. The number of hydrogen-bond donors (Lipinski definition) is 1. The van der Waals surface area contributed by atoms with E-state index in [0.717, 1.165) is 28.1 Å². The first kappa shape index (κ1) is 11.5. The van der Waals surface area contributed by atoms with Gasteiger partial charge in [0.25, 0.3) is 0 Å². The second kappa shape index (κ2) is 4.61. The van der Waals surface area contributed by atoms with Gasteiger partial charge in [-0.05, 0) is 23.8 Å². The lowest BCUT2D eigenvalue weighted by atomic mass is 10.1. The minimum absolute atomic E-state index is 0.579. The molecule has 3 heteroatoms. The van der Waals surface area contributed by atoms with Crippen molar-refractivity contribution in [3.8, 4) is 5.75 Å². The van der Waals surface area contributed by atoms with E-state index in [4.69, 9.17) is 10.5 Å². The van der Waals surface area contributed by atoms with E-state index in [1.54, 1.807) is 7.11 Å². The second-order valence-corrected chi connectivity index (χ2v) is 4.35. The number of benzene rings is 2. The van der Waals surface area contributed by atoms with Gasteiger partial charge in [0.15, 0.2) is 0 Å². The molecule has 1 aliphatic rings. The van der Waals surface area contributed by atoms with Crippen molar-refractivity contribution >= 4 is 17.6 Å². The maximum atomic E-state index is 5.93. The highest BCUT2D eigenvalue weighted by Gasteiger charge is 2.16. The molecule has 3 nitrogen and oxygen atoms in total. The summed E-state index contributed by atoms with van der Waals surface area (Å²) in [6.07, 6.45) is 2.03. The topological polar surface area (TPSA) is 47.6 Å². The van der Waals surface area contributed by atoms with Crippen LogP contribution in [0.2, 0.25) is 0 Å². The number of aliphatic imine (C=N–C) groups is 1. The smallest absolute Gasteiger partial charge is 0.132 e. The fraction of sp³-hybridized carbons (Fsp3) is 0.0625. The van der Waals surface area contributed by atoms with Crippen LogP contribution < -0.4 is 10.5 Å². The summed E-state index contributed by atoms with van der Waals surface area (Å²) in [6, 6.07) is 15.8. The van der Waals surface area contributed by atoms with Gasteiger partial charge in [-0.15, -0.1) is 0 Å². The Balaban J connectivity index is 2.01. The Bertz CT molecular complexity index is 669. The summed E-state index contributed by atoms with van der Waals surface area (Å²) in [4.78, 5) is 4.42. The van der Waals surface area contributed by atoms with Gasteiger partial charge in [-0.1, -0.05) is 36.4 Å². The molecule has 3 rings (SSSR count). The van der Waals surface area contributed by atoms with Gasteiger partial charge in [-0.2, -0.15) is 0 Å². The number of nitrogens with two attached hydrogens (primary N) is 1. The van der Waals surface area contributed by atoms with Crippen LogP contribution in [0.25, 0.3) is 11.8 Å². The Morgan fingerprint density at radius 2 is 1.68 bits per heavy atom. The highest BCUT2D eigenvalue weighted by Crippen LogP contribution is 2.29. The van der Waals surface area contributed by atoms with Crippen molar-refractivity contribution < 1.29 is 4.74 Å². The van der Waals surface area contributed by atoms with Crippen molar-refractivity contribution in [1.82, 2.24) is 0 Å². The Kier molecular flexibility index (Phi) is 2.80. The summed E-state index contributed by atoms with van der Waals surface area (Å²) < 4.78 is 5.14. The summed E-state index contributed by atoms with van der Waals surface area (Å²) in [5.41, 5.74) is 9.98. The van der Waals surface area contributed by atoms with Gasteiger partial charge < -0.3 is 10.5 Å². The van der Waals surface area contributed by atoms with Crippen LogP contribution in [0.15, 0.2) is 53.5 Å². The molecule has 0 atom stereocenters. The zero-order chi connectivity index (χ0) is 13.2. The Hall–Kier alpha value is -2.55. The molecule has 0 saturated heterocycles. The predicted octanol–water partition coefficient (Wildman–Crippen LogP) is 2.91. The number of rotatable bonds is 2. The van der Waals surface area contributed by atoms with Crippen LogP contribution in [-0.2, 0) is 0 Å². The summed E-state index contributed by atoms with van der Waals surface area (Å²) >= 11 is 0. The third-order valence-electron chi connectivity index (χ3n) is 3.14. The lowest BCUT2D eigenvalue weighted by molar-refractivity contribution is 0.415. The van der Waals surface area contributed by atoms with Crippen LogP contribution in [0.4, 0.5) is 0 Å². The first-order valence-corrected chi connectivity index (χ1v) is 6.07. The molecule has 2 aromatic rings. The van der Waals surface area contributed by atoms with E-state index in [-0.39, 0.29) is 0 Å². The predicted molar refractivity (Wildman–Crippen MR) is 78.0 cm³/mol. The van der Waals surface area contributed by atoms with Crippen molar-refractivity contribution in [3.05, 3.63) is 65.2 Å². The minimum atomic E-state index is 0.579. The molecule has 1 heterocycles. The van der Waals surface area contributed by atoms with E-state index in [2.05, 4.69) is 4.99 Å². The molecule has 0 aliphatic carbocycles. The van der Waals surface area contributed by atoms with Gasteiger partial charge in [0.2, 0.25) is 0 Å². The number of nitrogens with zero attached hydrogens (tertiary/aromatic N) is 1. The van der Waals surface area contributed by atoms with Gasteiger partial charge in [0, 0.05) is 11.1 Å². The molecule has 19 heavy (non-hydrogen) atoms. The molecule has 0 amide bonds. The van der Waals surface area contributed by atoms with E-state index in [1.807, 2.05) is 54.6 Å². The lowest BCUT2D eigenvalue weighted by Crippen LogP contribution is -2.09. The molecule has 0 spiro atoms. The van der Waals surface area contributed by atoms with E-state index < -0.39 is 0 Å². The number of hydrogen-bond acceptors (Lipinski definition) is 3. The standard InChI is InChI=1S/C16H14N2O/c1-19-12-8-6-11(7-9-12)10-15-13-4-2-3-5-14(13)16(17)18-15/h2-10H,1H3,(H2,17,18)/b15-10+. The lowest BCUT2D eigenvalue weighted by Gasteiger charge is -2.01. The third kappa shape index (κ3) is 2.10. The Labute approximate surface area is 112 Å². The van der Waals surface area contributed by atoms with Gasteiger partial charge >= 0.3 is 0 Å². The van der Waals surface area contributed by atoms with Crippen LogP contribution in [0.3, 0.4) is 0 Å². The average Bonchev–Trinajstić information content (AvgIpc) is 2.77. The maximum absolute atomic E-state index is 5.93. The van der Waals surface area contributed by atoms with Crippen molar-refractivity contribution in [2.24, 2.45) is 10.7 Å². The monoisotopic (exact) mass is 250 g/mol. The average molecular weight is 250 g/mol. The minimum Gasteiger partial charge on any atom is -0.497 e. The molecule has 0 aromatic heterocycles. The van der Waals surface area contributed by atoms with Crippen molar-refractivity contribution in [3.63, 3.8) is 0 Å². The number of methoxy groups -OCH3 is 1. The van der Waals surface area contributed by atoms with Gasteiger partial charge in [-0.3, -0.25) is 0 Å². The first-order chi connectivity index (χ1) is 9.28. The molecule has 0 saturated carbocycles. The molecular weight excluding hydrogens is 236 g/mol. The normalized spacial score (nSPS) is 15.2. The maximum Gasteiger partial charge on any atom is 0.132 e. The molecule has 0 unspecified atom stereocenters. The summed E-state index contributed by atoms with van der Waals surface area (Å²) in [5, 5.41) is 0.